The lowest BCUT2D eigenvalue weighted by Crippen LogP contribution is -2.64. The Morgan fingerprint density at radius 1 is 0.800 bits per heavy atom. The minimum Gasteiger partial charge on any atom is -0.396 e. The van der Waals surface area contributed by atoms with Gasteiger partial charge < -0.3 is 79.5 Å². The van der Waals surface area contributed by atoms with Gasteiger partial charge in [0.25, 0.3) is 0 Å². The van der Waals surface area contributed by atoms with Gasteiger partial charge >= 0.3 is 0 Å². The molecule has 15 unspecified atom stereocenters. The smallest absolute Gasteiger partial charge is 0.187 e. The Bertz CT molecular complexity index is 819. The summed E-state index contributed by atoms with van der Waals surface area (Å²) in [5, 5.41) is 104. The number of hydrogen-bond donors (Lipinski definition) is 10. The van der Waals surface area contributed by atoms with Crippen molar-refractivity contribution in [3.63, 3.8) is 0 Å². The van der Waals surface area contributed by atoms with Gasteiger partial charge in [-0.05, 0) is 26.7 Å². The van der Waals surface area contributed by atoms with Gasteiger partial charge in [0.2, 0.25) is 0 Å². The van der Waals surface area contributed by atoms with Crippen molar-refractivity contribution in [3.8, 4) is 0 Å². The maximum atomic E-state index is 11.2. The summed E-state index contributed by atoms with van der Waals surface area (Å²) in [6.45, 7) is 7.19. The maximum absolute atomic E-state index is 11.2. The van der Waals surface area contributed by atoms with Crippen molar-refractivity contribution < 1.29 is 79.5 Å². The largest absolute Gasteiger partial charge is 0.396 e. The third kappa shape index (κ3) is 10.9. The Kier molecular flexibility index (Phi) is 16.9. The van der Waals surface area contributed by atoms with Crippen molar-refractivity contribution in [1.82, 2.24) is 0 Å². The van der Waals surface area contributed by atoms with Gasteiger partial charge in [-0.1, -0.05) is 27.2 Å². The molecule has 45 heavy (non-hydrogen) atoms. The van der Waals surface area contributed by atoms with E-state index in [2.05, 4.69) is 0 Å². The van der Waals surface area contributed by atoms with Crippen molar-refractivity contribution in [2.45, 2.75) is 139 Å². The Hall–Kier alpha value is -0.640. The van der Waals surface area contributed by atoms with Crippen LogP contribution >= 0.6 is 0 Å². The van der Waals surface area contributed by atoms with Crippen LogP contribution in [0.3, 0.4) is 0 Å². The molecule has 2 fully saturated rings. The van der Waals surface area contributed by atoms with Gasteiger partial charge in [0.05, 0.1) is 37.6 Å². The lowest BCUT2D eigenvalue weighted by atomic mass is 9.92. The molecule has 0 aromatic rings. The summed E-state index contributed by atoms with van der Waals surface area (Å²) < 4.78 is 33.9. The first-order valence-electron chi connectivity index (χ1n) is 15.6. The topological polar surface area (TPSA) is 258 Å². The number of hydrogen-bond acceptors (Lipinski definition) is 16. The molecule has 2 aliphatic rings. The predicted molar refractivity (Wildman–Crippen MR) is 154 cm³/mol. The number of unbranched alkanes of at least 4 members (excludes halogenated alkanes) is 1. The molecule has 0 aromatic heterocycles. The first kappa shape index (κ1) is 40.5. The molecule has 0 aliphatic carbocycles. The van der Waals surface area contributed by atoms with E-state index < -0.39 is 117 Å². The fourth-order valence-corrected chi connectivity index (χ4v) is 5.06. The van der Waals surface area contributed by atoms with Crippen LogP contribution in [-0.4, -0.2) is 170 Å². The molecule has 2 aliphatic heterocycles. The second-order valence-corrected chi connectivity index (χ2v) is 12.6. The van der Waals surface area contributed by atoms with E-state index in [1.807, 2.05) is 20.8 Å². The molecule has 0 spiro atoms. The van der Waals surface area contributed by atoms with Gasteiger partial charge in [0, 0.05) is 25.0 Å². The van der Waals surface area contributed by atoms with Crippen molar-refractivity contribution in [2.75, 3.05) is 33.0 Å². The van der Waals surface area contributed by atoms with E-state index in [1.54, 1.807) is 0 Å². The van der Waals surface area contributed by atoms with Gasteiger partial charge in [0.15, 0.2) is 18.9 Å². The fourth-order valence-electron chi connectivity index (χ4n) is 5.06. The van der Waals surface area contributed by atoms with Crippen molar-refractivity contribution >= 4 is 0 Å². The molecule has 16 heteroatoms. The predicted octanol–water partition coefficient (Wildman–Crippen LogP) is -3.06. The van der Waals surface area contributed by atoms with Crippen LogP contribution < -0.4 is 0 Å². The molecule has 268 valence electrons. The van der Waals surface area contributed by atoms with Crippen LogP contribution in [0.25, 0.3) is 0 Å². The summed E-state index contributed by atoms with van der Waals surface area (Å²) in [6, 6.07) is 0. The van der Waals surface area contributed by atoms with Crippen molar-refractivity contribution in [1.29, 1.82) is 0 Å². The van der Waals surface area contributed by atoms with E-state index in [1.165, 1.54) is 13.8 Å². The van der Waals surface area contributed by atoms with E-state index in [0.29, 0.717) is 13.0 Å². The Morgan fingerprint density at radius 3 is 1.98 bits per heavy atom. The highest BCUT2D eigenvalue weighted by atomic mass is 16.7. The van der Waals surface area contributed by atoms with Crippen LogP contribution in [0.2, 0.25) is 0 Å². The molecule has 16 nitrogen and oxygen atoms in total. The minimum atomic E-state index is -1.93. The molecule has 2 heterocycles. The van der Waals surface area contributed by atoms with Gasteiger partial charge in [-0.15, -0.1) is 0 Å². The van der Waals surface area contributed by atoms with Crippen LogP contribution in [0, 0.1) is 11.8 Å². The first-order valence-corrected chi connectivity index (χ1v) is 15.6. The lowest BCUT2D eigenvalue weighted by Gasteiger charge is -2.47. The molecule has 15 atom stereocenters. The normalized spacial score (nSPS) is 36.3. The van der Waals surface area contributed by atoms with E-state index in [4.69, 9.17) is 28.4 Å². The highest BCUT2D eigenvalue weighted by molar-refractivity contribution is 4.94. The molecule has 0 aromatic carbocycles. The van der Waals surface area contributed by atoms with Crippen molar-refractivity contribution in [2.24, 2.45) is 11.8 Å². The van der Waals surface area contributed by atoms with Gasteiger partial charge in [-0.2, -0.15) is 0 Å². The number of ether oxygens (including phenoxy) is 6. The summed E-state index contributed by atoms with van der Waals surface area (Å²) in [6.07, 6.45) is -18.7. The molecular formula is C29H56O16. The van der Waals surface area contributed by atoms with Gasteiger partial charge in [0.1, 0.15) is 48.8 Å². The fraction of sp³-hybridized carbons (Fsp3) is 1.00. The Labute approximate surface area is 264 Å². The standard InChI is InChI=1S/C29H56O16/c1-6-7-9-41-29(4,5)8-10-40-26(39)22(37)24(18(33)14(2)11-30)45-28-23(38)25(21(36)17(13-32)43-28)44-27-15(3)19(34)20(35)16(12-31)42-27/h14-28,30-39H,6-13H2,1-5H3. The Morgan fingerprint density at radius 2 is 1.40 bits per heavy atom. The van der Waals surface area contributed by atoms with Crippen LogP contribution in [0.4, 0.5) is 0 Å². The lowest BCUT2D eigenvalue weighted by molar-refractivity contribution is -0.366. The summed E-state index contributed by atoms with van der Waals surface area (Å²) in [5.74, 6) is -1.79. The van der Waals surface area contributed by atoms with E-state index in [-0.39, 0.29) is 6.61 Å². The quantitative estimate of drug-likeness (QED) is 0.0487. The monoisotopic (exact) mass is 660 g/mol. The average Bonchev–Trinajstić information content (AvgIpc) is 3.01. The molecule has 2 rings (SSSR count). The van der Waals surface area contributed by atoms with Gasteiger partial charge in [-0.3, -0.25) is 0 Å². The molecule has 0 amide bonds. The zero-order valence-electron chi connectivity index (χ0n) is 26.7. The molecule has 0 bridgehead atoms. The molecule has 10 N–H and O–H groups in total. The summed E-state index contributed by atoms with van der Waals surface area (Å²) in [4.78, 5) is 0. The second kappa shape index (κ2) is 18.8. The highest BCUT2D eigenvalue weighted by Gasteiger charge is 2.51. The second-order valence-electron chi connectivity index (χ2n) is 12.6. The van der Waals surface area contributed by atoms with E-state index >= 15 is 0 Å². The van der Waals surface area contributed by atoms with Crippen LogP contribution in [0.5, 0.6) is 0 Å². The molecule has 0 radical (unpaired) electrons. The van der Waals surface area contributed by atoms with E-state index in [9.17, 15) is 51.1 Å². The summed E-state index contributed by atoms with van der Waals surface area (Å²) in [5.41, 5.74) is -0.583. The Balaban J connectivity index is 2.21. The summed E-state index contributed by atoms with van der Waals surface area (Å²) in [7, 11) is 0. The number of aliphatic hydroxyl groups excluding tert-OH is 10. The third-order valence-electron chi connectivity index (χ3n) is 8.41. The van der Waals surface area contributed by atoms with Crippen LogP contribution in [0.1, 0.15) is 53.9 Å². The van der Waals surface area contributed by atoms with Crippen LogP contribution in [-0.2, 0) is 28.4 Å². The number of aliphatic hydroxyl groups is 10. The average molecular weight is 661 g/mol. The van der Waals surface area contributed by atoms with Gasteiger partial charge in [-0.25, -0.2) is 0 Å². The maximum Gasteiger partial charge on any atom is 0.187 e. The van der Waals surface area contributed by atoms with E-state index in [0.717, 1.165) is 12.8 Å². The van der Waals surface area contributed by atoms with Crippen LogP contribution in [0.15, 0.2) is 0 Å². The highest BCUT2D eigenvalue weighted by Crippen LogP contribution is 2.33. The molecular weight excluding hydrogens is 604 g/mol. The zero-order chi connectivity index (χ0) is 34.1. The zero-order valence-corrected chi connectivity index (χ0v) is 26.7. The SMILES string of the molecule is CCCCOC(C)(C)CCOC(O)C(O)C(OC1OC(CO)C(O)C(OC2OC(CO)C(O)C(O)C2C)C1O)C(O)C(C)CO. The summed E-state index contributed by atoms with van der Waals surface area (Å²) >= 11 is 0. The minimum absolute atomic E-state index is 0.0398. The van der Waals surface area contributed by atoms with Crippen molar-refractivity contribution in [3.05, 3.63) is 0 Å². The molecule has 0 saturated carbocycles. The molecule has 2 saturated heterocycles. The third-order valence-corrected chi connectivity index (χ3v) is 8.41. The first-order chi connectivity index (χ1) is 21.1. The number of rotatable bonds is 19.